The number of hydrogen-bond acceptors (Lipinski definition) is 5. The molecule has 13 heteroatoms. The first-order chi connectivity index (χ1) is 16.3. The molecule has 1 spiro atoms. The Morgan fingerprint density at radius 2 is 1.91 bits per heavy atom. The van der Waals surface area contributed by atoms with Crippen LogP contribution in [0, 0.1) is 5.41 Å². The fourth-order valence-corrected chi connectivity index (χ4v) is 4.88. The number of aryl methyl sites for hydroxylation is 1. The maximum Gasteiger partial charge on any atom is 0.401 e. The highest BCUT2D eigenvalue weighted by atomic mass is 19.4. The molecule has 0 bridgehead atoms. The van der Waals surface area contributed by atoms with Crippen LogP contribution in [-0.4, -0.2) is 73.4 Å². The number of urea groups is 1. The largest absolute Gasteiger partial charge is 0.401 e. The Morgan fingerprint density at radius 1 is 1.23 bits per heavy atom. The summed E-state index contributed by atoms with van der Waals surface area (Å²) < 4.78 is 48.0. The van der Waals surface area contributed by atoms with Crippen LogP contribution in [0.15, 0.2) is 29.2 Å². The number of imidazole rings is 1. The molecule has 188 valence electrons. The molecular weight excluding hydrogens is 467 g/mol. The van der Waals surface area contributed by atoms with E-state index >= 15 is 0 Å². The molecule has 2 fully saturated rings. The topological polar surface area (TPSA) is 101 Å². The summed E-state index contributed by atoms with van der Waals surface area (Å²) in [5.74, 6) is -0.516. The van der Waals surface area contributed by atoms with E-state index in [0.717, 1.165) is 38.4 Å². The Hall–Kier alpha value is -3.51. The fourth-order valence-electron chi connectivity index (χ4n) is 4.88. The van der Waals surface area contributed by atoms with Gasteiger partial charge in [0.15, 0.2) is 11.6 Å². The third kappa shape index (κ3) is 3.64. The minimum atomic E-state index is -4.52. The van der Waals surface area contributed by atoms with Crippen LogP contribution < -0.4 is 5.32 Å². The lowest BCUT2D eigenvalue weighted by molar-refractivity contribution is -0.185. The summed E-state index contributed by atoms with van der Waals surface area (Å²) in [6, 6.07) is 0.575. The zero-order valence-electron chi connectivity index (χ0n) is 19.8. The number of alkyl halides is 3. The molecule has 0 unspecified atom stereocenters. The lowest BCUT2D eigenvalue weighted by Gasteiger charge is -2.60. The monoisotopic (exact) mass is 493 g/mol. The van der Waals surface area contributed by atoms with Gasteiger partial charge in [0.25, 0.3) is 5.91 Å². The van der Waals surface area contributed by atoms with Gasteiger partial charge in [-0.15, -0.1) is 0 Å². The van der Waals surface area contributed by atoms with Crippen LogP contribution in [0.25, 0.3) is 5.65 Å². The average Bonchev–Trinajstić information content (AvgIpc) is 3.43. The van der Waals surface area contributed by atoms with Gasteiger partial charge in [0, 0.05) is 57.1 Å². The van der Waals surface area contributed by atoms with Crippen molar-refractivity contribution < 1.29 is 27.3 Å². The summed E-state index contributed by atoms with van der Waals surface area (Å²) in [5.41, 5.74) is -0.951. The highest BCUT2D eigenvalue weighted by Crippen LogP contribution is 2.50. The number of carbonyl (C=O) groups excluding carboxylic acids is 2. The standard InChI is InChI=1S/C22H26F3N7O3/c1-20(2,22(23,24)25)15-7-16(28-35-15)27-19(34)30(4)13-8-21(9-13)11-31(12-21)18(33)14-10-26-32-6-5-29(3)17(14)32/h5-7,10,13H,8-9,11-12H2,1-4H3,(H,27,28,34). The zero-order valence-corrected chi connectivity index (χ0v) is 19.8. The predicted octanol–water partition coefficient (Wildman–Crippen LogP) is 3.27. The molecule has 1 saturated heterocycles. The molecule has 4 heterocycles. The van der Waals surface area contributed by atoms with Crippen LogP contribution in [0.4, 0.5) is 23.8 Å². The van der Waals surface area contributed by atoms with Crippen molar-refractivity contribution in [1.29, 1.82) is 0 Å². The third-order valence-electron chi connectivity index (χ3n) is 7.38. The van der Waals surface area contributed by atoms with E-state index in [0.29, 0.717) is 18.7 Å². The Kier molecular flexibility index (Phi) is 4.98. The summed E-state index contributed by atoms with van der Waals surface area (Å²) in [6.07, 6.45) is 2.16. The number of likely N-dealkylation sites (tertiary alicyclic amines) is 1. The van der Waals surface area contributed by atoms with Gasteiger partial charge in [-0.3, -0.25) is 10.1 Å². The molecule has 0 radical (unpaired) electrons. The van der Waals surface area contributed by atoms with Crippen LogP contribution in [-0.2, 0) is 12.5 Å². The molecular formula is C22H26F3N7O3. The number of amides is 3. The van der Waals surface area contributed by atoms with Gasteiger partial charge in [0.2, 0.25) is 0 Å². The van der Waals surface area contributed by atoms with E-state index in [1.165, 1.54) is 4.90 Å². The maximum absolute atomic E-state index is 13.2. The Balaban J connectivity index is 1.14. The number of fused-ring (bicyclic) bond motifs is 1. The van der Waals surface area contributed by atoms with Crippen molar-refractivity contribution in [3.8, 4) is 0 Å². The van der Waals surface area contributed by atoms with E-state index in [1.807, 2.05) is 17.8 Å². The second-order valence-corrected chi connectivity index (χ2v) is 10.2. The molecule has 0 aromatic carbocycles. The van der Waals surface area contributed by atoms with Crippen molar-refractivity contribution in [1.82, 2.24) is 29.1 Å². The highest BCUT2D eigenvalue weighted by molar-refractivity contribution is 6.00. The quantitative estimate of drug-likeness (QED) is 0.601. The maximum atomic E-state index is 13.2. The first-order valence-electron chi connectivity index (χ1n) is 11.2. The smallest absolute Gasteiger partial charge is 0.358 e. The lowest BCUT2D eigenvalue weighted by atomic mass is 9.60. The van der Waals surface area contributed by atoms with Crippen molar-refractivity contribution in [3.05, 3.63) is 36.0 Å². The molecule has 0 atom stereocenters. The molecule has 3 amide bonds. The number of carbonyl (C=O) groups is 2. The van der Waals surface area contributed by atoms with E-state index in [9.17, 15) is 22.8 Å². The molecule has 1 aliphatic carbocycles. The van der Waals surface area contributed by atoms with Crippen LogP contribution in [0.3, 0.4) is 0 Å². The summed E-state index contributed by atoms with van der Waals surface area (Å²) >= 11 is 0. The van der Waals surface area contributed by atoms with Gasteiger partial charge in [0.1, 0.15) is 16.6 Å². The summed E-state index contributed by atoms with van der Waals surface area (Å²) in [6.45, 7) is 3.19. The second kappa shape index (κ2) is 7.49. The third-order valence-corrected chi connectivity index (χ3v) is 7.38. The number of aromatic nitrogens is 4. The second-order valence-electron chi connectivity index (χ2n) is 10.2. The van der Waals surface area contributed by atoms with Crippen LogP contribution in [0.2, 0.25) is 0 Å². The molecule has 35 heavy (non-hydrogen) atoms. The number of nitrogens with zero attached hydrogens (tertiary/aromatic N) is 6. The van der Waals surface area contributed by atoms with Crippen molar-refractivity contribution >= 4 is 23.4 Å². The van der Waals surface area contributed by atoms with Gasteiger partial charge in [-0.2, -0.15) is 18.3 Å². The summed E-state index contributed by atoms with van der Waals surface area (Å²) in [7, 11) is 3.49. The molecule has 1 saturated carbocycles. The van der Waals surface area contributed by atoms with Gasteiger partial charge in [0.05, 0.1) is 6.20 Å². The predicted molar refractivity (Wildman–Crippen MR) is 118 cm³/mol. The van der Waals surface area contributed by atoms with Crippen LogP contribution >= 0.6 is 0 Å². The molecule has 3 aromatic rings. The van der Waals surface area contributed by atoms with Crippen molar-refractivity contribution in [2.75, 3.05) is 25.5 Å². The molecule has 2 aliphatic rings. The number of hydrogen-bond donors (Lipinski definition) is 1. The first-order valence-corrected chi connectivity index (χ1v) is 11.2. The van der Waals surface area contributed by atoms with Crippen molar-refractivity contribution in [2.24, 2.45) is 12.5 Å². The van der Waals surface area contributed by atoms with Crippen LogP contribution in [0.5, 0.6) is 0 Å². The Bertz CT molecular complexity index is 1290. The number of anilines is 1. The van der Waals surface area contributed by atoms with Gasteiger partial charge in [-0.05, 0) is 26.7 Å². The fraction of sp³-hybridized carbons (Fsp3) is 0.545. The highest BCUT2D eigenvalue weighted by Gasteiger charge is 2.55. The van der Waals surface area contributed by atoms with Crippen LogP contribution in [0.1, 0.15) is 42.8 Å². The van der Waals surface area contributed by atoms with E-state index in [1.54, 1.807) is 28.9 Å². The first kappa shape index (κ1) is 23.2. The number of rotatable bonds is 4. The molecule has 1 aliphatic heterocycles. The minimum absolute atomic E-state index is 0.0207. The number of halogens is 3. The molecule has 1 N–H and O–H groups in total. The van der Waals surface area contributed by atoms with Crippen molar-refractivity contribution in [2.45, 2.75) is 44.3 Å². The molecule has 3 aromatic heterocycles. The average molecular weight is 493 g/mol. The van der Waals surface area contributed by atoms with E-state index < -0.39 is 17.6 Å². The summed E-state index contributed by atoms with van der Waals surface area (Å²) in [4.78, 5) is 28.9. The van der Waals surface area contributed by atoms with E-state index in [2.05, 4.69) is 15.6 Å². The van der Waals surface area contributed by atoms with E-state index in [4.69, 9.17) is 4.52 Å². The Morgan fingerprint density at radius 3 is 2.57 bits per heavy atom. The van der Waals surface area contributed by atoms with Gasteiger partial charge >= 0.3 is 12.2 Å². The normalized spacial score (nSPS) is 18.0. The SMILES string of the molecule is CN(C(=O)Nc1cc(C(C)(C)C(F)(F)F)on1)C1CC2(C1)CN(C(=O)c1cnn3ccn(C)c13)C2. The molecule has 5 rings (SSSR count). The minimum Gasteiger partial charge on any atom is -0.358 e. The van der Waals surface area contributed by atoms with Gasteiger partial charge in [-0.25, -0.2) is 9.31 Å². The number of nitrogens with one attached hydrogen (secondary N) is 1. The van der Waals surface area contributed by atoms with Gasteiger partial charge < -0.3 is 18.9 Å². The zero-order chi connectivity index (χ0) is 25.3. The Labute approximate surface area is 198 Å². The molecule has 10 nitrogen and oxygen atoms in total. The van der Waals surface area contributed by atoms with Gasteiger partial charge in [-0.1, -0.05) is 5.16 Å². The van der Waals surface area contributed by atoms with E-state index in [-0.39, 0.29) is 28.9 Å². The lowest BCUT2D eigenvalue weighted by Crippen LogP contribution is -2.67. The van der Waals surface area contributed by atoms with Crippen molar-refractivity contribution in [3.63, 3.8) is 0 Å². The summed E-state index contributed by atoms with van der Waals surface area (Å²) in [5, 5.41) is 10.3.